The molecule has 0 heterocycles. The Morgan fingerprint density at radius 3 is 2.28 bits per heavy atom. The minimum Gasteiger partial charge on any atom is -0.381 e. The van der Waals surface area contributed by atoms with Gasteiger partial charge >= 0.3 is 0 Å². The lowest BCUT2D eigenvalue weighted by atomic mass is 10.1. The molecule has 3 N–H and O–H groups in total. The highest BCUT2D eigenvalue weighted by Crippen LogP contribution is 2.22. The molecule has 0 unspecified atom stereocenters. The molecule has 6 nitrogen and oxygen atoms in total. The van der Waals surface area contributed by atoms with E-state index in [4.69, 9.17) is 0 Å². The first-order valence-electron chi connectivity index (χ1n) is 10.1. The lowest BCUT2D eigenvalue weighted by Crippen LogP contribution is -2.40. The van der Waals surface area contributed by atoms with E-state index in [1.807, 2.05) is 30.3 Å². The Bertz CT molecular complexity index is 1210. The molecule has 8 heteroatoms. The molecule has 0 aromatic heterocycles. The summed E-state index contributed by atoms with van der Waals surface area (Å²) >= 11 is 0. The van der Waals surface area contributed by atoms with E-state index < -0.39 is 27.3 Å². The van der Waals surface area contributed by atoms with Crippen LogP contribution in [0.4, 0.5) is 15.8 Å². The molecule has 0 radical (unpaired) electrons. The maximum absolute atomic E-state index is 13.5. The summed E-state index contributed by atoms with van der Waals surface area (Å²) in [5.41, 5.74) is 1.17. The van der Waals surface area contributed by atoms with Gasteiger partial charge in [0.25, 0.3) is 5.91 Å². The number of anilines is 2. The van der Waals surface area contributed by atoms with Crippen molar-refractivity contribution in [1.29, 1.82) is 0 Å². The van der Waals surface area contributed by atoms with Gasteiger partial charge in [0.1, 0.15) is 5.82 Å². The van der Waals surface area contributed by atoms with Gasteiger partial charge in [-0.3, -0.25) is 4.79 Å². The zero-order valence-corrected chi connectivity index (χ0v) is 19.0. The SMILES string of the molecule is CC(C)(C)NS(=O)(=O)c1cc(NCc2ccccc2)cc(C(=O)Nc2cccc(F)c2)c1. The van der Waals surface area contributed by atoms with Crippen LogP contribution in [-0.4, -0.2) is 19.9 Å². The molecule has 0 atom stereocenters. The molecule has 32 heavy (non-hydrogen) atoms. The first-order valence-corrected chi connectivity index (χ1v) is 11.5. The number of sulfonamides is 1. The number of carbonyl (C=O) groups is 1. The summed E-state index contributed by atoms with van der Waals surface area (Å²) in [6.07, 6.45) is 0. The number of halogens is 1. The highest BCUT2D eigenvalue weighted by molar-refractivity contribution is 7.89. The molecule has 0 aliphatic rings. The summed E-state index contributed by atoms with van der Waals surface area (Å²) in [5.74, 6) is -1.04. The van der Waals surface area contributed by atoms with E-state index in [0.29, 0.717) is 12.2 Å². The van der Waals surface area contributed by atoms with Crippen LogP contribution in [0.15, 0.2) is 77.7 Å². The molecule has 0 aliphatic carbocycles. The number of hydrogen-bond donors (Lipinski definition) is 3. The lowest BCUT2D eigenvalue weighted by molar-refractivity contribution is 0.102. The number of carbonyl (C=O) groups excluding carboxylic acids is 1. The summed E-state index contributed by atoms with van der Waals surface area (Å²) < 4.78 is 41.9. The van der Waals surface area contributed by atoms with Crippen molar-refractivity contribution < 1.29 is 17.6 Å². The molecular formula is C24H26FN3O3S. The first-order chi connectivity index (χ1) is 15.0. The number of rotatable bonds is 7. The van der Waals surface area contributed by atoms with E-state index in [9.17, 15) is 17.6 Å². The molecular weight excluding hydrogens is 429 g/mol. The molecule has 0 aliphatic heterocycles. The monoisotopic (exact) mass is 455 g/mol. The third-order valence-corrected chi connectivity index (χ3v) is 6.08. The number of benzene rings is 3. The Kier molecular flexibility index (Phi) is 6.96. The second-order valence-corrected chi connectivity index (χ2v) is 10.1. The Labute approximate surface area is 187 Å². The van der Waals surface area contributed by atoms with Gasteiger partial charge in [0.15, 0.2) is 0 Å². The zero-order chi connectivity index (χ0) is 23.4. The average Bonchev–Trinajstić information content (AvgIpc) is 2.71. The molecule has 0 saturated heterocycles. The van der Waals surface area contributed by atoms with Crippen LogP contribution < -0.4 is 15.4 Å². The minimum atomic E-state index is -3.89. The third kappa shape index (κ3) is 6.63. The Hall–Kier alpha value is -3.23. The number of nitrogens with one attached hydrogen (secondary N) is 3. The topological polar surface area (TPSA) is 87.3 Å². The van der Waals surface area contributed by atoms with Crippen molar-refractivity contribution in [2.75, 3.05) is 10.6 Å². The van der Waals surface area contributed by atoms with E-state index in [2.05, 4.69) is 15.4 Å². The smallest absolute Gasteiger partial charge is 0.255 e. The number of hydrogen-bond acceptors (Lipinski definition) is 4. The maximum Gasteiger partial charge on any atom is 0.255 e. The molecule has 0 bridgehead atoms. The molecule has 1 amide bonds. The van der Waals surface area contributed by atoms with Crippen molar-refractivity contribution in [2.45, 2.75) is 37.8 Å². The van der Waals surface area contributed by atoms with Crippen molar-refractivity contribution in [3.05, 3.63) is 89.7 Å². The fourth-order valence-electron chi connectivity index (χ4n) is 3.02. The Morgan fingerprint density at radius 2 is 1.62 bits per heavy atom. The first kappa shape index (κ1) is 23.4. The van der Waals surface area contributed by atoms with Gasteiger partial charge in [0, 0.05) is 29.0 Å². The van der Waals surface area contributed by atoms with Gasteiger partial charge in [-0.2, -0.15) is 0 Å². The lowest BCUT2D eigenvalue weighted by Gasteiger charge is -2.21. The van der Waals surface area contributed by atoms with Gasteiger partial charge in [-0.05, 0) is 62.7 Å². The highest BCUT2D eigenvalue weighted by Gasteiger charge is 2.24. The van der Waals surface area contributed by atoms with Gasteiger partial charge in [-0.15, -0.1) is 0 Å². The van der Waals surface area contributed by atoms with E-state index in [1.54, 1.807) is 32.9 Å². The molecule has 3 aromatic carbocycles. The number of amides is 1. The third-order valence-electron chi connectivity index (χ3n) is 4.34. The van der Waals surface area contributed by atoms with Crippen LogP contribution >= 0.6 is 0 Å². The summed E-state index contributed by atoms with van der Waals surface area (Å²) in [5, 5.41) is 5.78. The van der Waals surface area contributed by atoms with Crippen LogP contribution in [0.3, 0.4) is 0 Å². The normalized spacial score (nSPS) is 11.8. The molecule has 168 valence electrons. The van der Waals surface area contributed by atoms with Crippen LogP contribution in [-0.2, 0) is 16.6 Å². The summed E-state index contributed by atoms with van der Waals surface area (Å²) in [6, 6.07) is 19.4. The van der Waals surface area contributed by atoms with E-state index in [0.717, 1.165) is 5.56 Å². The van der Waals surface area contributed by atoms with Crippen LogP contribution in [0.5, 0.6) is 0 Å². The zero-order valence-electron chi connectivity index (χ0n) is 18.1. The Balaban J connectivity index is 1.94. The summed E-state index contributed by atoms with van der Waals surface area (Å²) in [4.78, 5) is 12.8. The van der Waals surface area contributed by atoms with Gasteiger partial charge in [-0.25, -0.2) is 17.5 Å². The Morgan fingerprint density at radius 1 is 0.906 bits per heavy atom. The second kappa shape index (κ2) is 9.50. The minimum absolute atomic E-state index is 0.0464. The largest absolute Gasteiger partial charge is 0.381 e. The van der Waals surface area contributed by atoms with Crippen molar-refractivity contribution in [2.24, 2.45) is 0 Å². The van der Waals surface area contributed by atoms with Crippen LogP contribution in [0, 0.1) is 5.82 Å². The van der Waals surface area contributed by atoms with Crippen molar-refractivity contribution in [1.82, 2.24) is 4.72 Å². The maximum atomic E-state index is 13.5. The summed E-state index contributed by atoms with van der Waals surface area (Å²) in [7, 11) is -3.89. The molecule has 0 saturated carbocycles. The van der Waals surface area contributed by atoms with Crippen LogP contribution in [0.2, 0.25) is 0 Å². The highest BCUT2D eigenvalue weighted by atomic mass is 32.2. The quantitative estimate of drug-likeness (QED) is 0.479. The van der Waals surface area contributed by atoms with Gasteiger partial charge in [-0.1, -0.05) is 36.4 Å². The van der Waals surface area contributed by atoms with Crippen molar-refractivity contribution in [3.8, 4) is 0 Å². The molecule has 0 fully saturated rings. The molecule has 0 spiro atoms. The van der Waals surface area contributed by atoms with Gasteiger partial charge < -0.3 is 10.6 Å². The van der Waals surface area contributed by atoms with Crippen LogP contribution in [0.25, 0.3) is 0 Å². The molecule has 3 rings (SSSR count). The van der Waals surface area contributed by atoms with Crippen molar-refractivity contribution in [3.63, 3.8) is 0 Å². The van der Waals surface area contributed by atoms with E-state index >= 15 is 0 Å². The van der Waals surface area contributed by atoms with Crippen LogP contribution in [0.1, 0.15) is 36.7 Å². The predicted molar refractivity (Wildman–Crippen MR) is 125 cm³/mol. The fourth-order valence-corrected chi connectivity index (χ4v) is 4.51. The van der Waals surface area contributed by atoms with Gasteiger partial charge in [0.2, 0.25) is 10.0 Å². The predicted octanol–water partition coefficient (Wildman–Crippen LogP) is 4.77. The van der Waals surface area contributed by atoms with E-state index in [-0.39, 0.29) is 16.1 Å². The molecule has 3 aromatic rings. The fraction of sp³-hybridized carbons (Fsp3) is 0.208. The van der Waals surface area contributed by atoms with Crippen molar-refractivity contribution >= 4 is 27.3 Å². The standard InChI is InChI=1S/C24H26FN3O3S/c1-24(2,3)28-32(30,31)22-13-18(23(29)27-20-11-7-10-19(25)14-20)12-21(15-22)26-16-17-8-5-4-6-9-17/h4-15,26,28H,16H2,1-3H3,(H,27,29). The average molecular weight is 456 g/mol. The summed E-state index contributed by atoms with van der Waals surface area (Å²) in [6.45, 7) is 5.65. The second-order valence-electron chi connectivity index (χ2n) is 8.41. The van der Waals surface area contributed by atoms with Gasteiger partial charge in [0.05, 0.1) is 4.90 Å². The van der Waals surface area contributed by atoms with E-state index in [1.165, 1.54) is 30.3 Å².